The van der Waals surface area contributed by atoms with Crippen molar-refractivity contribution in [1.29, 1.82) is 0 Å². The number of aromatic nitrogens is 1. The van der Waals surface area contributed by atoms with Crippen LogP contribution in [-0.2, 0) is 0 Å². The number of methoxy groups -OCH3 is 1. The van der Waals surface area contributed by atoms with Crippen LogP contribution < -0.4 is 9.47 Å². The molecule has 0 aliphatic heterocycles. The summed E-state index contributed by atoms with van der Waals surface area (Å²) in [6.45, 7) is 0. The highest BCUT2D eigenvalue weighted by molar-refractivity contribution is 6.68. The van der Waals surface area contributed by atoms with E-state index in [4.69, 9.17) is 11.6 Å². The van der Waals surface area contributed by atoms with Crippen LogP contribution in [-0.4, -0.2) is 28.6 Å². The summed E-state index contributed by atoms with van der Waals surface area (Å²) in [5.41, 5.74) is -2.30. The fraction of sp³-hybridized carbons (Fsp3) is 0.250. The molecule has 1 heterocycles. The molecule has 0 saturated heterocycles. The lowest BCUT2D eigenvalue weighted by Crippen LogP contribution is -2.19. The maximum atomic E-state index is 12.2. The Kier molecular flexibility index (Phi) is 4.14. The summed E-state index contributed by atoms with van der Waals surface area (Å²) in [5, 5.41) is 9.35. The quantitative estimate of drug-likeness (QED) is 0.481. The molecule has 0 bridgehead atoms. The van der Waals surface area contributed by atoms with E-state index in [1.165, 1.54) is 0 Å². The fourth-order valence-electron chi connectivity index (χ4n) is 1.14. The molecule has 19 heavy (non-hydrogen) atoms. The second kappa shape index (κ2) is 5.26. The number of carbonyl (C=O) groups excluding carboxylic acids is 1. The Bertz CT molecular complexity index is 534. The highest BCUT2D eigenvalue weighted by Gasteiger charge is 2.39. The Labute approximate surface area is 108 Å². The molecule has 104 valence electrons. The lowest BCUT2D eigenvalue weighted by atomic mass is 10.2. The topological polar surface area (TPSA) is 91.6 Å². The van der Waals surface area contributed by atoms with Gasteiger partial charge >= 0.3 is 12.0 Å². The average molecular weight is 301 g/mol. The van der Waals surface area contributed by atoms with E-state index in [0.717, 1.165) is 7.11 Å². The maximum Gasteiger partial charge on any atom is 0.573 e. The van der Waals surface area contributed by atoms with Crippen LogP contribution in [0.2, 0.25) is 0 Å². The van der Waals surface area contributed by atoms with Gasteiger partial charge in [0.1, 0.15) is 0 Å². The maximum absolute atomic E-state index is 12.2. The highest BCUT2D eigenvalue weighted by atomic mass is 35.5. The Balaban J connectivity index is 3.57. The Morgan fingerprint density at radius 2 is 2.11 bits per heavy atom. The number of nitro groups is 1. The van der Waals surface area contributed by atoms with Crippen molar-refractivity contribution in [2.24, 2.45) is 0 Å². The predicted molar refractivity (Wildman–Crippen MR) is 54.3 cm³/mol. The number of alkyl halides is 3. The summed E-state index contributed by atoms with van der Waals surface area (Å²) in [6, 6.07) is 0. The largest absolute Gasteiger partial charge is 0.573 e. The highest BCUT2D eigenvalue weighted by Crippen LogP contribution is 2.41. The summed E-state index contributed by atoms with van der Waals surface area (Å²) in [5.74, 6) is -1.95. The van der Waals surface area contributed by atoms with Gasteiger partial charge in [-0.2, -0.15) is 0 Å². The third-order valence-corrected chi connectivity index (χ3v) is 1.96. The third kappa shape index (κ3) is 3.44. The first-order valence-corrected chi connectivity index (χ1v) is 4.72. The normalized spacial score (nSPS) is 11.0. The van der Waals surface area contributed by atoms with Gasteiger partial charge in [0.15, 0.2) is 5.75 Å². The molecule has 1 aromatic rings. The van der Waals surface area contributed by atoms with Crippen LogP contribution >= 0.6 is 11.6 Å². The summed E-state index contributed by atoms with van der Waals surface area (Å²) in [6.07, 6.45) is -4.56. The van der Waals surface area contributed by atoms with Gasteiger partial charge in [-0.1, -0.05) is 0 Å². The molecule has 0 aliphatic carbocycles. The SMILES string of the molecule is COc1cnc(C(=O)Cl)c([N+](=O)[O-])c1OC(F)(F)F. The average Bonchev–Trinajstić information content (AvgIpc) is 2.25. The van der Waals surface area contributed by atoms with Gasteiger partial charge in [0.25, 0.3) is 11.0 Å². The molecule has 0 unspecified atom stereocenters. The van der Waals surface area contributed by atoms with E-state index in [-0.39, 0.29) is 0 Å². The first-order valence-electron chi connectivity index (χ1n) is 4.34. The van der Waals surface area contributed by atoms with Gasteiger partial charge in [-0.15, -0.1) is 13.2 Å². The molecular weight excluding hydrogens is 297 g/mol. The predicted octanol–water partition coefficient (Wildman–Crippen LogP) is 2.28. The molecule has 0 aliphatic rings. The van der Waals surface area contributed by atoms with Gasteiger partial charge in [-0.3, -0.25) is 14.9 Å². The van der Waals surface area contributed by atoms with E-state index in [1.807, 2.05) is 0 Å². The molecule has 0 spiro atoms. The van der Waals surface area contributed by atoms with E-state index in [9.17, 15) is 28.1 Å². The van der Waals surface area contributed by atoms with Crippen LogP contribution in [0.25, 0.3) is 0 Å². The number of rotatable bonds is 4. The van der Waals surface area contributed by atoms with Crippen LogP contribution in [0, 0.1) is 10.1 Å². The van der Waals surface area contributed by atoms with Crippen molar-refractivity contribution in [3.63, 3.8) is 0 Å². The molecule has 11 heteroatoms. The zero-order chi connectivity index (χ0) is 14.8. The second-order valence-electron chi connectivity index (χ2n) is 2.93. The zero-order valence-electron chi connectivity index (χ0n) is 9.02. The Hall–Kier alpha value is -2.10. The van der Waals surface area contributed by atoms with Gasteiger partial charge in [0, 0.05) is 0 Å². The third-order valence-electron chi connectivity index (χ3n) is 1.78. The first-order chi connectivity index (χ1) is 8.67. The molecule has 0 fully saturated rings. The van der Waals surface area contributed by atoms with Gasteiger partial charge in [0.2, 0.25) is 5.69 Å². The molecule has 0 saturated carbocycles. The minimum absolute atomic E-state index is 0.656. The van der Waals surface area contributed by atoms with E-state index in [2.05, 4.69) is 14.5 Å². The Morgan fingerprint density at radius 3 is 2.47 bits per heavy atom. The van der Waals surface area contributed by atoms with Gasteiger partial charge in [0.05, 0.1) is 18.2 Å². The van der Waals surface area contributed by atoms with E-state index < -0.39 is 39.4 Å². The van der Waals surface area contributed by atoms with Crippen molar-refractivity contribution in [2.75, 3.05) is 7.11 Å². The van der Waals surface area contributed by atoms with Crippen LogP contribution in [0.15, 0.2) is 6.20 Å². The molecule has 0 atom stereocenters. The number of hydrogen-bond donors (Lipinski definition) is 0. The van der Waals surface area contributed by atoms with Crippen LogP contribution in [0.3, 0.4) is 0 Å². The van der Waals surface area contributed by atoms with E-state index in [0.29, 0.717) is 6.20 Å². The summed E-state index contributed by atoms with van der Waals surface area (Å²) >= 11 is 5.01. The molecule has 7 nitrogen and oxygen atoms in total. The number of halogens is 4. The van der Waals surface area contributed by atoms with Gasteiger partial charge in [-0.05, 0) is 11.6 Å². The van der Waals surface area contributed by atoms with Crippen molar-refractivity contribution in [3.05, 3.63) is 22.0 Å². The summed E-state index contributed by atoms with van der Waals surface area (Å²) < 4.78 is 44.5. The summed E-state index contributed by atoms with van der Waals surface area (Å²) in [7, 11) is 0.951. The molecule has 0 amide bonds. The minimum Gasteiger partial charge on any atom is -0.491 e. The molecule has 0 aromatic carbocycles. The number of carbonyl (C=O) groups is 1. The molecule has 1 aromatic heterocycles. The smallest absolute Gasteiger partial charge is 0.491 e. The van der Waals surface area contributed by atoms with Crippen molar-refractivity contribution in [2.45, 2.75) is 6.36 Å². The lowest BCUT2D eigenvalue weighted by molar-refractivity contribution is -0.389. The van der Waals surface area contributed by atoms with E-state index >= 15 is 0 Å². The van der Waals surface area contributed by atoms with Crippen LogP contribution in [0.1, 0.15) is 10.5 Å². The first kappa shape index (κ1) is 15.0. The standard InChI is InChI=1S/C8H4ClF3N2O5/c1-18-3-2-13-4(7(9)15)5(14(16)17)6(3)19-8(10,11)12/h2H,1H3. The van der Waals surface area contributed by atoms with E-state index in [1.54, 1.807) is 0 Å². The fourth-order valence-corrected chi connectivity index (χ4v) is 1.28. The summed E-state index contributed by atoms with van der Waals surface area (Å²) in [4.78, 5) is 23.7. The lowest BCUT2D eigenvalue weighted by Gasteiger charge is -2.12. The number of pyridine rings is 1. The van der Waals surface area contributed by atoms with Crippen molar-refractivity contribution < 1.29 is 32.4 Å². The number of hydrogen-bond acceptors (Lipinski definition) is 6. The zero-order valence-corrected chi connectivity index (χ0v) is 9.78. The number of ether oxygens (including phenoxy) is 2. The molecule has 1 rings (SSSR count). The van der Waals surface area contributed by atoms with Crippen molar-refractivity contribution >= 4 is 22.5 Å². The molecule has 0 N–H and O–H groups in total. The van der Waals surface area contributed by atoms with Gasteiger partial charge in [-0.25, -0.2) is 4.98 Å². The molecule has 0 radical (unpaired) electrons. The van der Waals surface area contributed by atoms with Gasteiger partial charge < -0.3 is 9.47 Å². The number of nitrogens with zero attached hydrogens (tertiary/aromatic N) is 2. The van der Waals surface area contributed by atoms with Crippen LogP contribution in [0.5, 0.6) is 11.5 Å². The molecular formula is C8H4ClF3N2O5. The monoisotopic (exact) mass is 300 g/mol. The van der Waals surface area contributed by atoms with Crippen molar-refractivity contribution in [1.82, 2.24) is 4.98 Å². The van der Waals surface area contributed by atoms with Crippen LogP contribution in [0.4, 0.5) is 18.9 Å². The minimum atomic E-state index is -5.22. The Morgan fingerprint density at radius 1 is 1.53 bits per heavy atom. The second-order valence-corrected chi connectivity index (χ2v) is 3.27. The van der Waals surface area contributed by atoms with Crippen molar-refractivity contribution in [3.8, 4) is 11.5 Å².